The largest absolute Gasteiger partial charge is 0.366 e. The highest BCUT2D eigenvalue weighted by atomic mass is 16.7. The predicted octanol–water partition coefficient (Wildman–Crippen LogP) is -0.215. The number of carbonyl (C=O) groups is 1. The summed E-state index contributed by atoms with van der Waals surface area (Å²) in [6.45, 7) is 0.252. The SMILES string of the molecule is O=C1N=C(n2ccnc2)CON1. The number of urea groups is 1. The molecule has 1 aromatic heterocycles. The molecule has 2 heterocycles. The summed E-state index contributed by atoms with van der Waals surface area (Å²) in [4.78, 5) is 23.0. The fourth-order valence-electron chi connectivity index (χ4n) is 0.879. The van der Waals surface area contributed by atoms with E-state index in [1.807, 2.05) is 0 Å². The number of nitrogens with zero attached hydrogens (tertiary/aromatic N) is 3. The van der Waals surface area contributed by atoms with Gasteiger partial charge in [-0.1, -0.05) is 0 Å². The van der Waals surface area contributed by atoms with E-state index in [0.717, 1.165) is 0 Å². The molecule has 0 saturated heterocycles. The van der Waals surface area contributed by atoms with Gasteiger partial charge in [0.1, 0.15) is 18.8 Å². The van der Waals surface area contributed by atoms with Crippen molar-refractivity contribution in [3.05, 3.63) is 18.7 Å². The lowest BCUT2D eigenvalue weighted by Crippen LogP contribution is -2.33. The molecule has 6 nitrogen and oxygen atoms in total. The van der Waals surface area contributed by atoms with Gasteiger partial charge in [0.25, 0.3) is 0 Å². The van der Waals surface area contributed by atoms with Crippen LogP contribution in [0.4, 0.5) is 4.79 Å². The molecule has 0 spiro atoms. The van der Waals surface area contributed by atoms with Gasteiger partial charge in [-0.15, -0.1) is 0 Å². The number of amides is 2. The van der Waals surface area contributed by atoms with Crippen LogP contribution in [0.3, 0.4) is 0 Å². The molecule has 0 unspecified atom stereocenters. The Balaban J connectivity index is 2.29. The first-order valence-electron chi connectivity index (χ1n) is 3.34. The molecule has 0 aromatic carbocycles. The zero-order chi connectivity index (χ0) is 8.39. The number of hydrogen-bond acceptors (Lipinski definition) is 3. The van der Waals surface area contributed by atoms with E-state index in [9.17, 15) is 4.79 Å². The molecule has 0 atom stereocenters. The molecule has 0 radical (unpaired) electrons. The third kappa shape index (κ3) is 1.19. The van der Waals surface area contributed by atoms with Crippen molar-refractivity contribution in [3.8, 4) is 0 Å². The first kappa shape index (κ1) is 6.99. The fourth-order valence-corrected chi connectivity index (χ4v) is 0.879. The molecular formula is C6H6N4O2. The van der Waals surface area contributed by atoms with Gasteiger partial charge in [0.05, 0.1) is 0 Å². The smallest absolute Gasteiger partial charge is 0.292 e. The molecule has 1 aliphatic heterocycles. The van der Waals surface area contributed by atoms with Crippen molar-refractivity contribution in [2.75, 3.05) is 6.61 Å². The van der Waals surface area contributed by atoms with Crippen LogP contribution in [0.25, 0.3) is 0 Å². The summed E-state index contributed by atoms with van der Waals surface area (Å²) in [6, 6.07) is -0.495. The van der Waals surface area contributed by atoms with Crippen molar-refractivity contribution in [1.29, 1.82) is 0 Å². The predicted molar refractivity (Wildman–Crippen MR) is 39.5 cm³/mol. The third-order valence-corrected chi connectivity index (χ3v) is 1.39. The summed E-state index contributed by atoms with van der Waals surface area (Å²) in [5.41, 5.74) is 2.11. The van der Waals surface area contributed by atoms with E-state index in [4.69, 9.17) is 4.84 Å². The minimum absolute atomic E-state index is 0.252. The van der Waals surface area contributed by atoms with Crippen LogP contribution < -0.4 is 5.48 Å². The minimum atomic E-state index is -0.495. The summed E-state index contributed by atoms with van der Waals surface area (Å²) >= 11 is 0. The molecule has 1 N–H and O–H groups in total. The monoisotopic (exact) mass is 166 g/mol. The molecule has 0 bridgehead atoms. The van der Waals surface area contributed by atoms with Crippen molar-refractivity contribution < 1.29 is 9.63 Å². The zero-order valence-electron chi connectivity index (χ0n) is 6.10. The molecule has 1 aromatic rings. The molecular weight excluding hydrogens is 160 g/mol. The molecule has 0 fully saturated rings. The van der Waals surface area contributed by atoms with Gasteiger partial charge in [-0.2, -0.15) is 4.99 Å². The summed E-state index contributed by atoms with van der Waals surface area (Å²) in [7, 11) is 0. The molecule has 1 aliphatic rings. The van der Waals surface area contributed by atoms with Gasteiger partial charge >= 0.3 is 6.03 Å². The first-order valence-corrected chi connectivity index (χ1v) is 3.34. The molecule has 6 heteroatoms. The number of hydrogen-bond donors (Lipinski definition) is 1. The van der Waals surface area contributed by atoms with Gasteiger partial charge in [0.2, 0.25) is 0 Å². The third-order valence-electron chi connectivity index (χ3n) is 1.39. The highest BCUT2D eigenvalue weighted by Gasteiger charge is 2.11. The number of hydroxylamine groups is 1. The van der Waals surface area contributed by atoms with Crippen molar-refractivity contribution in [3.63, 3.8) is 0 Å². The van der Waals surface area contributed by atoms with Crippen molar-refractivity contribution in [2.24, 2.45) is 4.99 Å². The van der Waals surface area contributed by atoms with Gasteiger partial charge in [0.15, 0.2) is 0 Å². The number of aliphatic imine (C=N–C) groups is 1. The summed E-state index contributed by atoms with van der Waals surface area (Å²) < 4.78 is 1.62. The number of rotatable bonds is 0. The van der Waals surface area contributed by atoms with Gasteiger partial charge < -0.3 is 0 Å². The lowest BCUT2D eigenvalue weighted by molar-refractivity contribution is 0.0846. The molecule has 2 amide bonds. The first-order chi connectivity index (χ1) is 5.86. The maximum Gasteiger partial charge on any atom is 0.366 e. The van der Waals surface area contributed by atoms with Gasteiger partial charge in [-0.25, -0.2) is 15.3 Å². The quantitative estimate of drug-likeness (QED) is 0.579. The van der Waals surface area contributed by atoms with Crippen molar-refractivity contribution in [1.82, 2.24) is 15.0 Å². The topological polar surface area (TPSA) is 68.5 Å². The second kappa shape index (κ2) is 2.74. The standard InChI is InChI=1S/C6H6N4O2/c11-6-8-5(3-12-9-6)10-2-1-7-4-10/h1-2,4H,3H2,(H,9,11). The average molecular weight is 166 g/mol. The Morgan fingerprint density at radius 3 is 3.25 bits per heavy atom. The second-order valence-electron chi connectivity index (χ2n) is 2.19. The summed E-state index contributed by atoms with van der Waals surface area (Å²) in [6.07, 6.45) is 4.86. The minimum Gasteiger partial charge on any atom is -0.292 e. The van der Waals surface area contributed by atoms with E-state index in [-0.39, 0.29) is 6.61 Å². The van der Waals surface area contributed by atoms with E-state index in [0.29, 0.717) is 5.84 Å². The second-order valence-corrected chi connectivity index (χ2v) is 2.19. The maximum absolute atomic E-state index is 10.7. The zero-order valence-corrected chi connectivity index (χ0v) is 6.10. The van der Waals surface area contributed by atoms with Crippen LogP contribution in [0.2, 0.25) is 0 Å². The Morgan fingerprint density at radius 2 is 2.58 bits per heavy atom. The van der Waals surface area contributed by atoms with Gasteiger partial charge in [-0.05, 0) is 0 Å². The lowest BCUT2D eigenvalue weighted by Gasteiger charge is -2.11. The lowest BCUT2D eigenvalue weighted by atomic mass is 10.6. The van der Waals surface area contributed by atoms with E-state index in [2.05, 4.69) is 15.5 Å². The molecule has 0 aliphatic carbocycles. The van der Waals surface area contributed by atoms with Crippen LogP contribution in [-0.2, 0) is 4.84 Å². The van der Waals surface area contributed by atoms with E-state index >= 15 is 0 Å². The number of nitrogens with one attached hydrogen (secondary N) is 1. The van der Waals surface area contributed by atoms with Crippen LogP contribution in [0.1, 0.15) is 0 Å². The van der Waals surface area contributed by atoms with Crippen LogP contribution >= 0.6 is 0 Å². The normalized spacial score (nSPS) is 17.0. The number of imidazole rings is 1. The Kier molecular flexibility index (Phi) is 1.60. The fraction of sp³-hybridized carbons (Fsp3) is 0.167. The van der Waals surface area contributed by atoms with E-state index in [1.165, 1.54) is 0 Å². The van der Waals surface area contributed by atoms with Crippen LogP contribution in [-0.4, -0.2) is 28.0 Å². The van der Waals surface area contributed by atoms with E-state index in [1.54, 1.807) is 23.3 Å². The van der Waals surface area contributed by atoms with Crippen molar-refractivity contribution >= 4 is 11.9 Å². The number of aromatic nitrogens is 2. The molecule has 0 saturated carbocycles. The average Bonchev–Trinajstić information content (AvgIpc) is 2.56. The highest BCUT2D eigenvalue weighted by Crippen LogP contribution is 1.94. The highest BCUT2D eigenvalue weighted by molar-refractivity contribution is 5.96. The van der Waals surface area contributed by atoms with Crippen molar-refractivity contribution in [2.45, 2.75) is 0 Å². The Labute approximate surface area is 67.8 Å². The Bertz CT molecular complexity index is 316. The summed E-state index contributed by atoms with van der Waals surface area (Å²) in [5, 5.41) is 0. The van der Waals surface area contributed by atoms with Crippen LogP contribution in [0, 0.1) is 0 Å². The van der Waals surface area contributed by atoms with E-state index < -0.39 is 6.03 Å². The van der Waals surface area contributed by atoms with Crippen LogP contribution in [0.15, 0.2) is 23.7 Å². The molecule has 12 heavy (non-hydrogen) atoms. The summed E-state index contributed by atoms with van der Waals surface area (Å²) in [5.74, 6) is 0.524. The van der Waals surface area contributed by atoms with Gasteiger partial charge in [-0.3, -0.25) is 9.40 Å². The number of carbonyl (C=O) groups excluding carboxylic acids is 1. The molecule has 2 rings (SSSR count). The Morgan fingerprint density at radius 1 is 1.67 bits per heavy atom. The van der Waals surface area contributed by atoms with Gasteiger partial charge in [0, 0.05) is 12.4 Å². The van der Waals surface area contributed by atoms with Crippen LogP contribution in [0.5, 0.6) is 0 Å². The Hall–Kier alpha value is -1.69. The molecule has 62 valence electrons. The maximum atomic E-state index is 10.7.